The number of imide groups is 1. The summed E-state index contributed by atoms with van der Waals surface area (Å²) in [6.07, 6.45) is 6.00. The molecule has 1 aliphatic carbocycles. The Morgan fingerprint density at radius 3 is 2.65 bits per heavy atom. The molecule has 2 fully saturated rings. The van der Waals surface area contributed by atoms with E-state index in [1.54, 1.807) is 12.3 Å². The summed E-state index contributed by atoms with van der Waals surface area (Å²) in [7, 11) is 0. The molecular weight excluding hydrogens is 322 g/mol. The normalized spacial score (nSPS) is 23.6. The van der Waals surface area contributed by atoms with Crippen molar-refractivity contribution in [2.24, 2.45) is 0 Å². The van der Waals surface area contributed by atoms with Crippen molar-refractivity contribution in [1.82, 2.24) is 9.88 Å². The molecule has 0 spiro atoms. The lowest BCUT2D eigenvalue weighted by Crippen LogP contribution is -2.41. The second-order valence-corrected chi connectivity index (χ2v) is 6.22. The smallest absolute Gasteiger partial charge is 0.252 e. The third-order valence-corrected chi connectivity index (χ3v) is 4.39. The number of rotatable bonds is 3. The van der Waals surface area contributed by atoms with Gasteiger partial charge in [-0.15, -0.1) is 0 Å². The van der Waals surface area contributed by atoms with Crippen LogP contribution in [0.1, 0.15) is 32.1 Å². The molecule has 1 saturated heterocycles. The zero-order valence-corrected chi connectivity index (χ0v) is 12.6. The molecule has 2 aliphatic rings. The molecule has 5 nitrogen and oxygen atoms in total. The largest absolute Gasteiger partial charge is 0.358 e. The lowest BCUT2D eigenvalue weighted by atomic mass is 10.2. The van der Waals surface area contributed by atoms with Crippen molar-refractivity contribution >= 4 is 33.6 Å². The number of nitrogens with one attached hydrogen (secondary N) is 1. The number of halogens is 1. The van der Waals surface area contributed by atoms with E-state index in [2.05, 4.69) is 26.2 Å². The summed E-state index contributed by atoms with van der Waals surface area (Å²) in [5, 5.41) is 3.06. The molecule has 2 amide bonds. The van der Waals surface area contributed by atoms with Crippen LogP contribution in [0.25, 0.3) is 0 Å². The SMILES string of the molecule is O=C1CC(Nc2ccc(Br)cn2)C(=O)N1C1CCCC1. The maximum Gasteiger partial charge on any atom is 0.252 e. The molecule has 1 unspecified atom stereocenters. The summed E-state index contributed by atoms with van der Waals surface area (Å²) in [5.41, 5.74) is 0. The number of likely N-dealkylation sites (tertiary alicyclic amines) is 1. The minimum absolute atomic E-state index is 0.0588. The van der Waals surface area contributed by atoms with Crippen LogP contribution >= 0.6 is 15.9 Å². The molecule has 20 heavy (non-hydrogen) atoms. The third kappa shape index (κ3) is 2.57. The number of anilines is 1. The van der Waals surface area contributed by atoms with Crippen molar-refractivity contribution in [3.8, 4) is 0 Å². The molecule has 3 rings (SSSR count). The highest BCUT2D eigenvalue weighted by Crippen LogP contribution is 2.29. The highest BCUT2D eigenvalue weighted by atomic mass is 79.9. The number of hydrogen-bond acceptors (Lipinski definition) is 4. The molecule has 6 heteroatoms. The van der Waals surface area contributed by atoms with Crippen LogP contribution in [0.15, 0.2) is 22.8 Å². The van der Waals surface area contributed by atoms with Gasteiger partial charge in [0.1, 0.15) is 11.9 Å². The van der Waals surface area contributed by atoms with Gasteiger partial charge >= 0.3 is 0 Å². The van der Waals surface area contributed by atoms with Gasteiger partial charge in [0.25, 0.3) is 5.91 Å². The highest BCUT2D eigenvalue weighted by molar-refractivity contribution is 9.10. The van der Waals surface area contributed by atoms with E-state index in [-0.39, 0.29) is 24.3 Å². The second kappa shape index (κ2) is 5.52. The molecular formula is C14H16BrN3O2. The number of carbonyl (C=O) groups is 2. The molecule has 0 aromatic carbocycles. The topological polar surface area (TPSA) is 62.3 Å². The van der Waals surface area contributed by atoms with Crippen LogP contribution in [0.4, 0.5) is 5.82 Å². The van der Waals surface area contributed by atoms with Crippen LogP contribution in [0.2, 0.25) is 0 Å². The Balaban J connectivity index is 1.70. The Labute approximate surface area is 125 Å². The quantitative estimate of drug-likeness (QED) is 0.860. The van der Waals surface area contributed by atoms with Crippen molar-refractivity contribution < 1.29 is 9.59 Å². The van der Waals surface area contributed by atoms with E-state index in [1.165, 1.54) is 4.90 Å². The van der Waals surface area contributed by atoms with Crippen molar-refractivity contribution in [3.05, 3.63) is 22.8 Å². The van der Waals surface area contributed by atoms with Crippen LogP contribution in [-0.4, -0.2) is 33.8 Å². The van der Waals surface area contributed by atoms with E-state index in [1.807, 2.05) is 6.07 Å². The van der Waals surface area contributed by atoms with Crippen molar-refractivity contribution in [3.63, 3.8) is 0 Å². The molecule has 1 atom stereocenters. The van der Waals surface area contributed by atoms with Crippen molar-refractivity contribution in [2.75, 3.05) is 5.32 Å². The average molecular weight is 338 g/mol. The lowest BCUT2D eigenvalue weighted by Gasteiger charge is -2.22. The molecule has 1 saturated carbocycles. The van der Waals surface area contributed by atoms with Crippen LogP contribution in [0.5, 0.6) is 0 Å². The van der Waals surface area contributed by atoms with Gasteiger partial charge in [-0.2, -0.15) is 0 Å². The fraction of sp³-hybridized carbons (Fsp3) is 0.500. The van der Waals surface area contributed by atoms with Crippen LogP contribution in [0.3, 0.4) is 0 Å². The standard InChI is InChI=1S/C14H16BrN3O2/c15-9-5-6-12(16-8-9)17-11-7-13(19)18(14(11)20)10-3-1-2-4-10/h5-6,8,10-11H,1-4,7H2,(H,16,17). The van der Waals surface area contributed by atoms with Crippen molar-refractivity contribution in [1.29, 1.82) is 0 Å². The zero-order valence-electron chi connectivity index (χ0n) is 11.0. The fourth-order valence-corrected chi connectivity index (χ4v) is 3.18. The number of hydrogen-bond donors (Lipinski definition) is 1. The van der Waals surface area contributed by atoms with Crippen LogP contribution in [0, 0.1) is 0 Å². The van der Waals surface area contributed by atoms with Crippen molar-refractivity contribution in [2.45, 2.75) is 44.2 Å². The van der Waals surface area contributed by atoms with E-state index >= 15 is 0 Å². The minimum Gasteiger partial charge on any atom is -0.358 e. The molecule has 1 aliphatic heterocycles. The number of carbonyl (C=O) groups excluding carboxylic acids is 2. The highest BCUT2D eigenvalue weighted by Gasteiger charge is 2.43. The summed E-state index contributed by atoms with van der Waals surface area (Å²) in [6, 6.07) is 3.28. The first kappa shape index (κ1) is 13.5. The number of amides is 2. The summed E-state index contributed by atoms with van der Waals surface area (Å²) >= 11 is 3.31. The molecule has 1 N–H and O–H groups in total. The van der Waals surface area contributed by atoms with E-state index in [4.69, 9.17) is 0 Å². The average Bonchev–Trinajstić information content (AvgIpc) is 3.02. The Morgan fingerprint density at radius 1 is 1.25 bits per heavy atom. The maximum atomic E-state index is 12.4. The van der Waals surface area contributed by atoms with Gasteiger partial charge in [-0.3, -0.25) is 14.5 Å². The first-order valence-electron chi connectivity index (χ1n) is 6.89. The van der Waals surface area contributed by atoms with Crippen LogP contribution in [-0.2, 0) is 9.59 Å². The van der Waals surface area contributed by atoms with Gasteiger partial charge in [0.05, 0.1) is 6.42 Å². The van der Waals surface area contributed by atoms with Gasteiger partial charge < -0.3 is 5.32 Å². The number of pyridine rings is 1. The van der Waals surface area contributed by atoms with Gasteiger partial charge in [-0.1, -0.05) is 12.8 Å². The Kier molecular flexibility index (Phi) is 3.74. The summed E-state index contributed by atoms with van der Waals surface area (Å²) < 4.78 is 0.879. The first-order chi connectivity index (χ1) is 9.65. The lowest BCUT2D eigenvalue weighted by molar-refractivity contribution is -0.141. The first-order valence-corrected chi connectivity index (χ1v) is 7.68. The summed E-state index contributed by atoms with van der Waals surface area (Å²) in [4.78, 5) is 30.1. The predicted octanol–water partition coefficient (Wildman–Crippen LogP) is 2.33. The second-order valence-electron chi connectivity index (χ2n) is 5.30. The molecule has 1 aromatic heterocycles. The van der Waals surface area contributed by atoms with Gasteiger partial charge in [0.2, 0.25) is 5.91 Å². The maximum absolute atomic E-state index is 12.4. The zero-order chi connectivity index (χ0) is 14.1. The minimum atomic E-state index is -0.475. The van der Waals surface area contributed by atoms with E-state index in [9.17, 15) is 9.59 Å². The molecule has 0 bridgehead atoms. The van der Waals surface area contributed by atoms with Gasteiger partial charge in [-0.05, 0) is 40.9 Å². The van der Waals surface area contributed by atoms with Crippen LogP contribution < -0.4 is 5.32 Å². The molecule has 106 valence electrons. The summed E-state index contributed by atoms with van der Waals surface area (Å²) in [6.45, 7) is 0. The van der Waals surface area contributed by atoms with E-state index in [0.29, 0.717) is 5.82 Å². The van der Waals surface area contributed by atoms with Gasteiger partial charge in [-0.25, -0.2) is 4.98 Å². The summed E-state index contributed by atoms with van der Waals surface area (Å²) in [5.74, 6) is 0.454. The molecule has 0 radical (unpaired) electrons. The van der Waals surface area contributed by atoms with Gasteiger partial charge in [0, 0.05) is 16.7 Å². The Morgan fingerprint density at radius 2 is 2.00 bits per heavy atom. The number of nitrogens with zero attached hydrogens (tertiary/aromatic N) is 2. The Hall–Kier alpha value is -1.43. The predicted molar refractivity (Wildman–Crippen MR) is 78.1 cm³/mol. The fourth-order valence-electron chi connectivity index (χ4n) is 2.95. The Bertz CT molecular complexity index is 526. The molecule has 2 heterocycles. The third-order valence-electron chi connectivity index (χ3n) is 3.92. The van der Waals surface area contributed by atoms with E-state index < -0.39 is 6.04 Å². The monoisotopic (exact) mass is 337 g/mol. The van der Waals surface area contributed by atoms with E-state index in [0.717, 1.165) is 30.2 Å². The van der Waals surface area contributed by atoms with Gasteiger partial charge in [0.15, 0.2) is 0 Å². The number of aromatic nitrogens is 1. The molecule has 1 aromatic rings.